The Labute approximate surface area is 75.7 Å². The number of H-pyrrole nitrogens is 1. The van der Waals surface area contributed by atoms with Gasteiger partial charge in [0.15, 0.2) is 5.58 Å². The number of rotatable bonds is 0. The molecule has 3 nitrogen and oxygen atoms in total. The van der Waals surface area contributed by atoms with Crippen LogP contribution in [0.3, 0.4) is 0 Å². The number of nitrogens with one attached hydrogen (secondary N) is 1. The number of aromatic amines is 1. The summed E-state index contributed by atoms with van der Waals surface area (Å²) in [6.45, 7) is 1.90. The molecule has 2 aromatic rings. The van der Waals surface area contributed by atoms with Crippen molar-refractivity contribution in [3.8, 4) is 0 Å². The van der Waals surface area contributed by atoms with E-state index in [0.717, 1.165) is 16.7 Å². The highest BCUT2D eigenvalue weighted by molar-refractivity contribution is 5.75. The minimum atomic E-state index is 0.787. The summed E-state index contributed by atoms with van der Waals surface area (Å²) in [5.41, 5.74) is 1.67. The molecule has 2 rings (SSSR count). The molecule has 0 amide bonds. The lowest BCUT2D eigenvalue weighted by molar-refractivity contribution is 0.401. The van der Waals surface area contributed by atoms with Gasteiger partial charge in [-0.1, -0.05) is 18.2 Å². The zero-order valence-electron chi connectivity index (χ0n) is 7.32. The minimum absolute atomic E-state index is 0.787. The fourth-order valence-electron chi connectivity index (χ4n) is 1.10. The zero-order valence-corrected chi connectivity index (χ0v) is 7.32. The van der Waals surface area contributed by atoms with E-state index in [9.17, 15) is 0 Å². The van der Waals surface area contributed by atoms with Gasteiger partial charge in [-0.25, -0.2) is 0 Å². The van der Waals surface area contributed by atoms with Crippen molar-refractivity contribution in [1.82, 2.24) is 10.4 Å². The topological polar surface area (TPSA) is 41.8 Å². The summed E-state index contributed by atoms with van der Waals surface area (Å²) in [5.74, 6) is 0. The number of aryl methyl sites for hydroxylation is 1. The fourth-order valence-corrected chi connectivity index (χ4v) is 1.10. The smallest absolute Gasteiger partial charge is 0.164 e. The lowest BCUT2D eigenvalue weighted by Crippen LogP contribution is -1.80. The molecule has 3 heteroatoms. The van der Waals surface area contributed by atoms with Gasteiger partial charge in [0.1, 0.15) is 0 Å². The van der Waals surface area contributed by atoms with Crippen molar-refractivity contribution in [2.45, 2.75) is 6.92 Å². The monoisotopic (exact) mass is 174 g/mol. The maximum absolute atomic E-state index is 5.21. The molecule has 0 radical (unpaired) electrons. The molecule has 1 aromatic carbocycles. The van der Waals surface area contributed by atoms with Crippen LogP contribution in [0.5, 0.6) is 0 Å². The van der Waals surface area contributed by atoms with Crippen LogP contribution in [0.25, 0.3) is 11.0 Å². The highest BCUT2D eigenvalue weighted by Crippen LogP contribution is 2.09. The minimum Gasteiger partial charge on any atom is -0.365 e. The van der Waals surface area contributed by atoms with E-state index >= 15 is 0 Å². The normalized spacial score (nSPS) is 9.92. The van der Waals surface area contributed by atoms with Crippen LogP contribution in [0.2, 0.25) is 0 Å². The maximum Gasteiger partial charge on any atom is 0.164 e. The van der Waals surface area contributed by atoms with E-state index in [4.69, 9.17) is 4.52 Å². The van der Waals surface area contributed by atoms with Gasteiger partial charge in [0.25, 0.3) is 0 Å². The van der Waals surface area contributed by atoms with Crippen molar-refractivity contribution in [3.63, 3.8) is 0 Å². The van der Waals surface area contributed by atoms with Crippen LogP contribution in [-0.2, 0) is 0 Å². The molecule has 13 heavy (non-hydrogen) atoms. The lowest BCUT2D eigenvalue weighted by atomic mass is 10.2. The molecular formula is C10H10N2O. The first-order chi connectivity index (χ1) is 6.36. The quantitative estimate of drug-likeness (QED) is 0.667. The van der Waals surface area contributed by atoms with Gasteiger partial charge in [-0.15, -0.1) is 10.4 Å². The van der Waals surface area contributed by atoms with E-state index in [-0.39, 0.29) is 0 Å². The molecule has 0 aliphatic rings. The average molecular weight is 174 g/mol. The Morgan fingerprint density at radius 1 is 1.15 bits per heavy atom. The summed E-state index contributed by atoms with van der Waals surface area (Å²) in [4.78, 5) is 0. The van der Waals surface area contributed by atoms with Crippen LogP contribution in [0.4, 0.5) is 0 Å². The second-order valence-corrected chi connectivity index (χ2v) is 2.82. The Balaban J connectivity index is 2.80. The first kappa shape index (κ1) is 7.86. The number of aromatic nitrogens is 2. The summed E-state index contributed by atoms with van der Waals surface area (Å²) in [6.07, 6.45) is 0. The second kappa shape index (κ2) is 3.31. The van der Waals surface area contributed by atoms with Crippen molar-refractivity contribution in [2.24, 2.45) is 0 Å². The predicted octanol–water partition coefficient (Wildman–Crippen LogP) is 2.59. The third-order valence-electron chi connectivity index (χ3n) is 1.80. The van der Waals surface area contributed by atoms with E-state index in [1.54, 1.807) is 0 Å². The second-order valence-electron chi connectivity index (χ2n) is 2.82. The van der Waals surface area contributed by atoms with Gasteiger partial charge in [-0.2, -0.15) is 0 Å². The van der Waals surface area contributed by atoms with Gasteiger partial charge in [0.05, 0.1) is 5.69 Å². The van der Waals surface area contributed by atoms with Crippen LogP contribution < -0.4 is 0 Å². The fraction of sp³-hybridized carbons (Fsp3) is 0.100. The van der Waals surface area contributed by atoms with E-state index < -0.39 is 0 Å². The van der Waals surface area contributed by atoms with Gasteiger partial charge >= 0.3 is 0 Å². The predicted molar refractivity (Wildman–Crippen MR) is 50.7 cm³/mol. The van der Waals surface area contributed by atoms with Crippen molar-refractivity contribution in [3.05, 3.63) is 42.1 Å². The Morgan fingerprint density at radius 3 is 2.92 bits per heavy atom. The molecule has 0 atom stereocenters. The summed E-state index contributed by atoms with van der Waals surface area (Å²) in [5, 5.41) is 7.52. The lowest BCUT2D eigenvalue weighted by Gasteiger charge is -1.92. The highest BCUT2D eigenvalue weighted by atomic mass is 16.5. The van der Waals surface area contributed by atoms with E-state index in [2.05, 4.69) is 10.4 Å². The summed E-state index contributed by atoms with van der Waals surface area (Å²) in [6, 6.07) is 11.7. The number of nitrogens with zero attached hydrogens (tertiary/aromatic N) is 1. The summed E-state index contributed by atoms with van der Waals surface area (Å²) >= 11 is 0. The first-order valence-corrected chi connectivity index (χ1v) is 4.09. The van der Waals surface area contributed by atoms with Crippen LogP contribution in [0.1, 0.15) is 5.69 Å². The third kappa shape index (κ3) is 1.69. The Kier molecular flexibility index (Phi) is 2.00. The SMILES string of the molecule is Cc1ccc2ccccc2o[nH]n1. The van der Waals surface area contributed by atoms with Crippen molar-refractivity contribution in [1.29, 1.82) is 0 Å². The molecule has 0 bridgehead atoms. The van der Waals surface area contributed by atoms with Gasteiger partial charge in [-0.3, -0.25) is 0 Å². The number of para-hydroxylation sites is 1. The van der Waals surface area contributed by atoms with Crippen LogP contribution in [0.15, 0.2) is 40.9 Å². The van der Waals surface area contributed by atoms with Crippen LogP contribution in [-0.4, -0.2) is 10.4 Å². The molecule has 0 aliphatic heterocycles. The van der Waals surface area contributed by atoms with Crippen molar-refractivity contribution in [2.75, 3.05) is 0 Å². The van der Waals surface area contributed by atoms with Crippen LogP contribution >= 0.6 is 0 Å². The largest absolute Gasteiger partial charge is 0.365 e. The standard InChI is InChI=1S/C10H10N2O/c1-8-6-7-9-4-2-3-5-10(9)13-12-11-8/h2-7,12H,1H3. The highest BCUT2D eigenvalue weighted by Gasteiger charge is 1.88. The molecule has 1 N–H and O–H groups in total. The summed E-state index contributed by atoms with van der Waals surface area (Å²) in [7, 11) is 0. The molecule has 1 aromatic heterocycles. The van der Waals surface area contributed by atoms with Gasteiger partial charge in [0, 0.05) is 5.39 Å². The Hall–Kier alpha value is -1.77. The molecule has 0 aliphatic carbocycles. The van der Waals surface area contributed by atoms with Gasteiger partial charge in [0.2, 0.25) is 0 Å². The van der Waals surface area contributed by atoms with E-state index in [1.165, 1.54) is 0 Å². The Bertz CT molecular complexity index is 455. The van der Waals surface area contributed by atoms with Crippen LogP contribution in [0, 0.1) is 6.92 Å². The zero-order chi connectivity index (χ0) is 9.10. The van der Waals surface area contributed by atoms with Crippen molar-refractivity contribution >= 4 is 11.0 Å². The maximum atomic E-state index is 5.21. The van der Waals surface area contributed by atoms with Gasteiger partial charge in [-0.05, 0) is 25.1 Å². The number of benzene rings is 1. The third-order valence-corrected chi connectivity index (χ3v) is 1.80. The van der Waals surface area contributed by atoms with Gasteiger partial charge < -0.3 is 4.52 Å². The molecule has 0 spiro atoms. The first-order valence-electron chi connectivity index (χ1n) is 4.09. The number of hydrogen-bond donors (Lipinski definition) is 1. The summed E-state index contributed by atoms with van der Waals surface area (Å²) < 4.78 is 5.21. The molecule has 0 fully saturated rings. The molecule has 0 saturated carbocycles. The number of fused-ring (bicyclic) bond motifs is 1. The molecular weight excluding hydrogens is 164 g/mol. The number of hydrogen-bond acceptors (Lipinski definition) is 2. The molecule has 0 unspecified atom stereocenters. The average Bonchev–Trinajstić information content (AvgIpc) is 2.13. The Morgan fingerprint density at radius 2 is 2.00 bits per heavy atom. The molecule has 0 saturated heterocycles. The molecule has 1 heterocycles. The van der Waals surface area contributed by atoms with Crippen molar-refractivity contribution < 1.29 is 4.52 Å². The van der Waals surface area contributed by atoms with E-state index in [0.29, 0.717) is 0 Å². The van der Waals surface area contributed by atoms with E-state index in [1.807, 2.05) is 43.3 Å². The molecule has 66 valence electrons.